The van der Waals surface area contributed by atoms with Crippen molar-refractivity contribution in [3.05, 3.63) is 69.8 Å². The Morgan fingerprint density at radius 3 is 2.72 bits per heavy atom. The van der Waals surface area contributed by atoms with E-state index < -0.39 is 6.04 Å². The van der Waals surface area contributed by atoms with E-state index in [0.29, 0.717) is 29.4 Å². The summed E-state index contributed by atoms with van der Waals surface area (Å²) in [7, 11) is 0. The van der Waals surface area contributed by atoms with Gasteiger partial charge in [-0.15, -0.1) is 6.42 Å². The summed E-state index contributed by atoms with van der Waals surface area (Å²) >= 11 is 12.2. The van der Waals surface area contributed by atoms with E-state index in [1.165, 1.54) is 9.80 Å². The van der Waals surface area contributed by atoms with Crippen molar-refractivity contribution in [2.75, 3.05) is 26.2 Å². The van der Waals surface area contributed by atoms with Crippen molar-refractivity contribution >= 4 is 51.8 Å². The minimum Gasteiger partial charge on any atom is -0.361 e. The van der Waals surface area contributed by atoms with Gasteiger partial charge in [-0.3, -0.25) is 14.4 Å². The van der Waals surface area contributed by atoms with Gasteiger partial charge in [-0.25, -0.2) is 0 Å². The van der Waals surface area contributed by atoms with Crippen LogP contribution < -0.4 is 5.32 Å². The maximum atomic E-state index is 13.3. The zero-order valence-electron chi connectivity index (χ0n) is 19.6. The van der Waals surface area contributed by atoms with Gasteiger partial charge in [-0.1, -0.05) is 53.4 Å². The molecule has 2 heterocycles. The normalized spacial score (nSPS) is 15.9. The Morgan fingerprint density at radius 1 is 1.14 bits per heavy atom. The smallest absolute Gasteiger partial charge is 0.246 e. The van der Waals surface area contributed by atoms with Crippen molar-refractivity contribution in [3.63, 3.8) is 0 Å². The Morgan fingerprint density at radius 2 is 1.94 bits per heavy atom. The molecule has 1 aromatic heterocycles. The minimum atomic E-state index is -0.948. The maximum Gasteiger partial charge on any atom is 0.246 e. The number of carbonyl (C=O) groups excluding carboxylic acids is 3. The second-order valence-electron chi connectivity index (χ2n) is 8.65. The first kappa shape index (κ1) is 25.6. The van der Waals surface area contributed by atoms with Crippen molar-refractivity contribution in [2.45, 2.75) is 25.3 Å². The van der Waals surface area contributed by atoms with E-state index in [1.807, 2.05) is 30.5 Å². The molecule has 1 aliphatic heterocycles. The number of nitrogens with zero attached hydrogens (tertiary/aromatic N) is 2. The van der Waals surface area contributed by atoms with Gasteiger partial charge in [0.25, 0.3) is 0 Å². The summed E-state index contributed by atoms with van der Waals surface area (Å²) < 4.78 is 0. The average molecular weight is 525 g/mol. The van der Waals surface area contributed by atoms with Crippen LogP contribution in [0.5, 0.6) is 0 Å². The van der Waals surface area contributed by atoms with Crippen LogP contribution in [0.3, 0.4) is 0 Å². The highest BCUT2D eigenvalue weighted by Gasteiger charge is 2.39. The van der Waals surface area contributed by atoms with E-state index >= 15 is 0 Å². The van der Waals surface area contributed by atoms with Crippen LogP contribution in [0.15, 0.2) is 48.7 Å². The van der Waals surface area contributed by atoms with Crippen LogP contribution in [0.25, 0.3) is 10.9 Å². The average Bonchev–Trinajstić information content (AvgIpc) is 3.26. The highest BCUT2D eigenvalue weighted by molar-refractivity contribution is 6.35. The standard InChI is InChI=1S/C27H26Cl2N4O3/c1-2-12-33-24(15-25(34)30-11-9-19-16-31-23-6-4-3-5-21(19)23)27(36)32(17-26(33)35)13-10-18-7-8-20(28)14-22(18)29/h1,3-8,14,16,24,31H,9-13,15,17H2,(H,30,34). The number of H-pyrrole nitrogens is 1. The lowest BCUT2D eigenvalue weighted by molar-refractivity contribution is -0.156. The largest absolute Gasteiger partial charge is 0.361 e. The molecule has 9 heteroatoms. The number of rotatable bonds is 9. The first-order valence-corrected chi connectivity index (χ1v) is 12.4. The van der Waals surface area contributed by atoms with Crippen molar-refractivity contribution in [1.82, 2.24) is 20.1 Å². The second kappa shape index (κ2) is 11.5. The lowest BCUT2D eigenvalue weighted by Gasteiger charge is -2.39. The number of amides is 3. The molecular weight excluding hydrogens is 499 g/mol. The van der Waals surface area contributed by atoms with Gasteiger partial charge in [-0.05, 0) is 42.2 Å². The third-order valence-corrected chi connectivity index (χ3v) is 6.90. The summed E-state index contributed by atoms with van der Waals surface area (Å²) in [6.07, 6.45) is 8.30. The predicted molar refractivity (Wildman–Crippen MR) is 141 cm³/mol. The van der Waals surface area contributed by atoms with Gasteiger partial charge in [0.2, 0.25) is 17.7 Å². The molecule has 0 spiro atoms. The van der Waals surface area contributed by atoms with E-state index in [-0.39, 0.29) is 43.8 Å². The highest BCUT2D eigenvalue weighted by Crippen LogP contribution is 2.23. The van der Waals surface area contributed by atoms with E-state index in [0.717, 1.165) is 22.0 Å². The third-order valence-electron chi connectivity index (χ3n) is 6.32. The SMILES string of the molecule is C#CCN1C(=O)CN(CCc2ccc(Cl)cc2Cl)C(=O)C1CC(=O)NCCc1c[nH]c2ccccc12. The lowest BCUT2D eigenvalue weighted by Crippen LogP contribution is -2.61. The fourth-order valence-electron chi connectivity index (χ4n) is 4.44. The van der Waals surface area contributed by atoms with Gasteiger partial charge in [0.1, 0.15) is 6.04 Å². The molecule has 3 aromatic rings. The molecule has 1 fully saturated rings. The molecule has 1 atom stereocenters. The molecule has 0 bridgehead atoms. The van der Waals surface area contributed by atoms with E-state index in [1.54, 1.807) is 18.2 Å². The summed E-state index contributed by atoms with van der Waals surface area (Å²) in [5.41, 5.74) is 2.95. The monoisotopic (exact) mass is 524 g/mol. The Labute approximate surface area is 219 Å². The van der Waals surface area contributed by atoms with Crippen LogP contribution in [0.1, 0.15) is 17.5 Å². The first-order chi connectivity index (χ1) is 17.4. The van der Waals surface area contributed by atoms with Crippen LogP contribution in [-0.2, 0) is 27.2 Å². The number of aromatic nitrogens is 1. The molecule has 0 aliphatic carbocycles. The van der Waals surface area contributed by atoms with Crippen LogP contribution >= 0.6 is 23.2 Å². The third kappa shape index (κ3) is 5.84. The summed E-state index contributed by atoms with van der Waals surface area (Å²) in [5.74, 6) is 1.52. The van der Waals surface area contributed by atoms with Gasteiger partial charge in [0, 0.05) is 40.2 Å². The lowest BCUT2D eigenvalue weighted by atomic mass is 10.0. The number of hydrogen-bond acceptors (Lipinski definition) is 3. The van der Waals surface area contributed by atoms with Gasteiger partial charge in [0.15, 0.2) is 0 Å². The molecule has 1 unspecified atom stereocenters. The topological polar surface area (TPSA) is 85.5 Å². The molecule has 3 amide bonds. The second-order valence-corrected chi connectivity index (χ2v) is 9.49. The number of nitrogens with one attached hydrogen (secondary N) is 2. The van der Waals surface area contributed by atoms with Crippen LogP contribution in [0.4, 0.5) is 0 Å². The Kier molecular flexibility index (Phi) is 8.19. The number of fused-ring (bicyclic) bond motifs is 1. The van der Waals surface area contributed by atoms with Crippen molar-refractivity contribution < 1.29 is 14.4 Å². The zero-order chi connectivity index (χ0) is 25.7. The Hall–Kier alpha value is -3.47. The van der Waals surface area contributed by atoms with Gasteiger partial charge < -0.3 is 20.1 Å². The Balaban J connectivity index is 1.37. The molecule has 4 rings (SSSR count). The van der Waals surface area contributed by atoms with Gasteiger partial charge >= 0.3 is 0 Å². The van der Waals surface area contributed by atoms with Crippen LogP contribution in [-0.4, -0.2) is 64.7 Å². The number of hydrogen-bond donors (Lipinski definition) is 2. The fourth-order valence-corrected chi connectivity index (χ4v) is 4.94. The van der Waals surface area contributed by atoms with Crippen LogP contribution in [0, 0.1) is 12.3 Å². The number of halogens is 2. The zero-order valence-corrected chi connectivity index (χ0v) is 21.1. The molecule has 2 N–H and O–H groups in total. The van der Waals surface area contributed by atoms with Gasteiger partial charge in [-0.2, -0.15) is 0 Å². The summed E-state index contributed by atoms with van der Waals surface area (Å²) in [5, 5.41) is 5.00. The Bertz CT molecular complexity index is 1330. The molecule has 0 saturated carbocycles. The molecule has 7 nitrogen and oxygen atoms in total. The van der Waals surface area contributed by atoms with E-state index in [2.05, 4.69) is 16.2 Å². The van der Waals surface area contributed by atoms with Crippen molar-refractivity contribution in [3.8, 4) is 12.3 Å². The van der Waals surface area contributed by atoms with E-state index in [4.69, 9.17) is 29.6 Å². The van der Waals surface area contributed by atoms with Crippen molar-refractivity contribution in [1.29, 1.82) is 0 Å². The summed E-state index contributed by atoms with van der Waals surface area (Å²) in [6, 6.07) is 12.2. The molecule has 186 valence electrons. The molecule has 1 aliphatic rings. The molecule has 1 saturated heterocycles. The van der Waals surface area contributed by atoms with E-state index in [9.17, 15) is 14.4 Å². The minimum absolute atomic E-state index is 0.0330. The fraction of sp³-hybridized carbons (Fsp3) is 0.296. The van der Waals surface area contributed by atoms with Gasteiger partial charge in [0.05, 0.1) is 19.5 Å². The van der Waals surface area contributed by atoms with Crippen LogP contribution in [0.2, 0.25) is 10.0 Å². The number of para-hydroxylation sites is 1. The molecule has 0 radical (unpaired) electrons. The number of piperazine rings is 1. The molecule has 2 aromatic carbocycles. The first-order valence-electron chi connectivity index (χ1n) is 11.6. The number of carbonyl (C=O) groups is 3. The quantitative estimate of drug-likeness (QED) is 0.420. The predicted octanol–water partition coefficient (Wildman–Crippen LogP) is 3.44. The molecular formula is C27H26Cl2N4O3. The highest BCUT2D eigenvalue weighted by atomic mass is 35.5. The number of benzene rings is 2. The number of terminal acetylenes is 1. The summed E-state index contributed by atoms with van der Waals surface area (Å²) in [4.78, 5) is 44.8. The molecule has 36 heavy (non-hydrogen) atoms. The summed E-state index contributed by atoms with van der Waals surface area (Å²) in [6.45, 7) is 0.567. The number of aromatic amines is 1. The van der Waals surface area contributed by atoms with Crippen molar-refractivity contribution in [2.24, 2.45) is 0 Å². The maximum absolute atomic E-state index is 13.3.